The van der Waals surface area contributed by atoms with Gasteiger partial charge in [-0.05, 0) is 31.6 Å². The highest BCUT2D eigenvalue weighted by molar-refractivity contribution is 7.89. The highest BCUT2D eigenvalue weighted by Gasteiger charge is 2.34. The predicted octanol–water partition coefficient (Wildman–Crippen LogP) is 2.66. The number of hydrogen-bond donors (Lipinski definition) is 0. The van der Waals surface area contributed by atoms with E-state index in [9.17, 15) is 8.42 Å². The van der Waals surface area contributed by atoms with E-state index in [1.54, 1.807) is 14.1 Å². The van der Waals surface area contributed by atoms with Crippen molar-refractivity contribution in [2.75, 3.05) is 7.05 Å². The molecule has 0 saturated heterocycles. The van der Waals surface area contributed by atoms with Gasteiger partial charge in [-0.3, -0.25) is 0 Å². The van der Waals surface area contributed by atoms with Gasteiger partial charge in [0.15, 0.2) is 0 Å². The van der Waals surface area contributed by atoms with Crippen LogP contribution in [0.15, 0.2) is 11.4 Å². The summed E-state index contributed by atoms with van der Waals surface area (Å²) >= 11 is 6.02. The van der Waals surface area contributed by atoms with Crippen LogP contribution in [0, 0.1) is 5.92 Å². The largest absolute Gasteiger partial charge is 0.324 e. The van der Waals surface area contributed by atoms with Crippen molar-refractivity contribution in [3.8, 4) is 0 Å². The number of hydrogen-bond acceptors (Lipinski definition) is 3. The fourth-order valence-corrected chi connectivity index (χ4v) is 4.61. The fourth-order valence-electron chi connectivity index (χ4n) is 2.82. The van der Waals surface area contributed by atoms with Gasteiger partial charge < -0.3 is 4.57 Å². The lowest BCUT2D eigenvalue weighted by Crippen LogP contribution is -2.39. The molecule has 0 spiro atoms. The minimum Gasteiger partial charge on any atom is -0.324 e. The second-order valence-corrected chi connectivity index (χ2v) is 7.83. The maximum absolute atomic E-state index is 12.6. The molecule has 2 rings (SSSR count). The first-order chi connectivity index (χ1) is 9.37. The average Bonchev–Trinajstić information content (AvgIpc) is 2.79. The normalized spacial score (nSPS) is 24.2. The Morgan fingerprint density at radius 3 is 2.45 bits per heavy atom. The molecule has 0 aliphatic heterocycles. The standard InChI is InChI=1S/C13H22ClN3O2S/c1-4-10-5-7-11(8-6-10)17(3)20(18,19)13-12(14)16(2)9-15-13/h9-11H,4-8H2,1-3H3. The van der Waals surface area contributed by atoms with Crippen molar-refractivity contribution < 1.29 is 8.42 Å². The van der Waals surface area contributed by atoms with Crippen molar-refractivity contribution in [1.82, 2.24) is 13.9 Å². The quantitative estimate of drug-likeness (QED) is 0.857. The molecule has 1 aliphatic carbocycles. The molecule has 1 aromatic rings. The molecule has 0 N–H and O–H groups in total. The summed E-state index contributed by atoms with van der Waals surface area (Å²) in [6.07, 6.45) is 6.62. The fraction of sp³-hybridized carbons (Fsp3) is 0.769. The molecule has 1 aromatic heterocycles. The average molecular weight is 320 g/mol. The lowest BCUT2D eigenvalue weighted by atomic mass is 9.85. The maximum Gasteiger partial charge on any atom is 0.263 e. The van der Waals surface area contributed by atoms with E-state index < -0.39 is 10.0 Å². The molecule has 5 nitrogen and oxygen atoms in total. The summed E-state index contributed by atoms with van der Waals surface area (Å²) in [4.78, 5) is 3.94. The van der Waals surface area contributed by atoms with Crippen LogP contribution in [0.4, 0.5) is 0 Å². The molecule has 0 bridgehead atoms. The molecular weight excluding hydrogens is 298 g/mol. The molecule has 0 aromatic carbocycles. The predicted molar refractivity (Wildman–Crippen MR) is 79.2 cm³/mol. The van der Waals surface area contributed by atoms with E-state index in [1.165, 1.54) is 21.6 Å². The van der Waals surface area contributed by atoms with Crippen molar-refractivity contribution in [3.63, 3.8) is 0 Å². The van der Waals surface area contributed by atoms with Gasteiger partial charge in [0, 0.05) is 20.1 Å². The molecule has 0 radical (unpaired) electrons. The molecule has 0 atom stereocenters. The van der Waals surface area contributed by atoms with Crippen LogP contribution in [0.1, 0.15) is 39.0 Å². The monoisotopic (exact) mass is 319 g/mol. The third-order valence-corrected chi connectivity index (χ3v) is 6.77. The molecule has 1 aliphatic rings. The first-order valence-corrected chi connectivity index (χ1v) is 8.84. The molecule has 1 saturated carbocycles. The number of halogens is 1. The summed E-state index contributed by atoms with van der Waals surface area (Å²) in [6, 6.07) is 0.0564. The van der Waals surface area contributed by atoms with E-state index in [4.69, 9.17) is 11.6 Å². The number of imidazole rings is 1. The van der Waals surface area contributed by atoms with Gasteiger partial charge in [-0.25, -0.2) is 13.4 Å². The molecule has 0 amide bonds. The van der Waals surface area contributed by atoms with Crippen LogP contribution in [0.25, 0.3) is 0 Å². The van der Waals surface area contributed by atoms with Gasteiger partial charge in [-0.1, -0.05) is 24.9 Å². The number of sulfonamides is 1. The minimum atomic E-state index is -3.60. The Labute approximate surface area is 126 Å². The van der Waals surface area contributed by atoms with Gasteiger partial charge in [-0.15, -0.1) is 0 Å². The first-order valence-electron chi connectivity index (χ1n) is 7.02. The smallest absolute Gasteiger partial charge is 0.263 e. The van der Waals surface area contributed by atoms with Crippen LogP contribution in [-0.4, -0.2) is 35.4 Å². The Morgan fingerprint density at radius 2 is 2.00 bits per heavy atom. The van der Waals surface area contributed by atoms with Gasteiger partial charge in [0.25, 0.3) is 10.0 Å². The Balaban J connectivity index is 2.16. The van der Waals surface area contributed by atoms with Gasteiger partial charge in [-0.2, -0.15) is 4.31 Å². The number of nitrogens with zero attached hydrogens (tertiary/aromatic N) is 3. The van der Waals surface area contributed by atoms with E-state index in [-0.39, 0.29) is 16.2 Å². The topological polar surface area (TPSA) is 55.2 Å². The second-order valence-electron chi connectivity index (χ2n) is 5.56. The SMILES string of the molecule is CCC1CCC(N(C)S(=O)(=O)c2ncn(C)c2Cl)CC1. The molecular formula is C13H22ClN3O2S. The van der Waals surface area contributed by atoms with E-state index in [0.29, 0.717) is 0 Å². The minimum absolute atomic E-state index is 0.0400. The van der Waals surface area contributed by atoms with Gasteiger partial charge in [0.1, 0.15) is 5.15 Å². The van der Waals surface area contributed by atoms with Gasteiger partial charge in [0.05, 0.1) is 6.33 Å². The summed E-state index contributed by atoms with van der Waals surface area (Å²) in [5.74, 6) is 0.737. The van der Waals surface area contributed by atoms with Crippen LogP contribution < -0.4 is 0 Å². The zero-order valence-corrected chi connectivity index (χ0v) is 13.8. The summed E-state index contributed by atoms with van der Waals surface area (Å²) < 4.78 is 28.1. The van der Waals surface area contributed by atoms with Gasteiger partial charge >= 0.3 is 0 Å². The van der Waals surface area contributed by atoms with E-state index in [2.05, 4.69) is 11.9 Å². The Kier molecular flexibility index (Phi) is 4.76. The molecule has 1 heterocycles. The van der Waals surface area contributed by atoms with Crippen LogP contribution in [0.5, 0.6) is 0 Å². The number of aromatic nitrogens is 2. The van der Waals surface area contributed by atoms with Crippen molar-refractivity contribution in [1.29, 1.82) is 0 Å². The number of rotatable bonds is 4. The van der Waals surface area contributed by atoms with Gasteiger partial charge in [0.2, 0.25) is 5.03 Å². The van der Waals surface area contributed by atoms with Crippen molar-refractivity contribution >= 4 is 21.6 Å². The Bertz CT molecular complexity index is 562. The molecule has 0 unspecified atom stereocenters. The molecule has 1 fully saturated rings. The highest BCUT2D eigenvalue weighted by Crippen LogP contribution is 2.32. The van der Waals surface area contributed by atoms with Crippen LogP contribution in [-0.2, 0) is 17.1 Å². The third-order valence-electron chi connectivity index (χ3n) is 4.37. The Hall–Kier alpha value is -0.590. The zero-order valence-electron chi connectivity index (χ0n) is 12.2. The van der Waals surface area contributed by atoms with Crippen molar-refractivity contribution in [2.45, 2.75) is 50.1 Å². The molecule has 7 heteroatoms. The first kappa shape index (κ1) is 15.8. The lowest BCUT2D eigenvalue weighted by Gasteiger charge is -2.33. The number of aryl methyl sites for hydroxylation is 1. The zero-order chi connectivity index (χ0) is 14.9. The molecule has 20 heavy (non-hydrogen) atoms. The Morgan fingerprint density at radius 1 is 1.40 bits per heavy atom. The van der Waals surface area contributed by atoms with Crippen molar-refractivity contribution in [2.24, 2.45) is 13.0 Å². The van der Waals surface area contributed by atoms with Crippen LogP contribution >= 0.6 is 11.6 Å². The van der Waals surface area contributed by atoms with E-state index in [1.807, 2.05) is 0 Å². The second kappa shape index (κ2) is 6.03. The third kappa shape index (κ3) is 2.87. The summed E-state index contributed by atoms with van der Waals surface area (Å²) in [5, 5.41) is 0.126. The van der Waals surface area contributed by atoms with Crippen LogP contribution in [0.2, 0.25) is 5.15 Å². The van der Waals surface area contributed by atoms with E-state index in [0.717, 1.165) is 31.6 Å². The van der Waals surface area contributed by atoms with Crippen LogP contribution in [0.3, 0.4) is 0 Å². The maximum atomic E-state index is 12.6. The summed E-state index contributed by atoms with van der Waals surface area (Å²) in [7, 11) is -0.286. The highest BCUT2D eigenvalue weighted by atomic mass is 35.5. The molecule has 114 valence electrons. The lowest BCUT2D eigenvalue weighted by molar-refractivity contribution is 0.232. The summed E-state index contributed by atoms with van der Waals surface area (Å²) in [5.41, 5.74) is 0. The summed E-state index contributed by atoms with van der Waals surface area (Å²) in [6.45, 7) is 2.19. The van der Waals surface area contributed by atoms with E-state index >= 15 is 0 Å². The van der Waals surface area contributed by atoms with Crippen molar-refractivity contribution in [3.05, 3.63) is 11.5 Å².